The minimum absolute atomic E-state index is 0.228. The number of nitrogens with zero attached hydrogens (tertiary/aromatic N) is 1. The first kappa shape index (κ1) is 12.9. The molecule has 0 aliphatic carbocycles. The van der Waals surface area contributed by atoms with Crippen molar-refractivity contribution in [2.24, 2.45) is 0 Å². The van der Waals surface area contributed by atoms with Crippen LogP contribution < -0.4 is 14.8 Å². The van der Waals surface area contributed by atoms with Crippen LogP contribution in [-0.2, 0) is 6.54 Å². The fourth-order valence-electron chi connectivity index (χ4n) is 2.25. The molecule has 0 saturated carbocycles. The van der Waals surface area contributed by atoms with Gasteiger partial charge in [0.15, 0.2) is 11.5 Å². The summed E-state index contributed by atoms with van der Waals surface area (Å²) in [6.07, 6.45) is 1.83. The lowest BCUT2D eigenvalue weighted by molar-refractivity contribution is 0.174. The predicted octanol–water partition coefficient (Wildman–Crippen LogP) is 2.97. The van der Waals surface area contributed by atoms with Gasteiger partial charge >= 0.3 is 0 Å². The number of pyridine rings is 1. The molecule has 2 aromatic rings. The first-order chi connectivity index (χ1) is 9.74. The van der Waals surface area contributed by atoms with Gasteiger partial charge in [-0.1, -0.05) is 12.1 Å². The summed E-state index contributed by atoms with van der Waals surface area (Å²) >= 11 is 0. The Morgan fingerprint density at radius 3 is 2.95 bits per heavy atom. The molecular formula is C16H18N2O2. The third-order valence-electron chi connectivity index (χ3n) is 3.59. The van der Waals surface area contributed by atoms with Crippen molar-refractivity contribution >= 4 is 0 Å². The summed E-state index contributed by atoms with van der Waals surface area (Å²) in [5.74, 6) is 1.65. The number of nitrogens with one attached hydrogen (secondary N) is 1. The van der Waals surface area contributed by atoms with Gasteiger partial charge in [-0.25, -0.2) is 0 Å². The molecule has 104 valence electrons. The SMILES string of the molecule is Cc1cccnc1CNC(C)c1ccc2c(c1)OCO2. The van der Waals surface area contributed by atoms with Crippen molar-refractivity contribution in [3.05, 3.63) is 53.3 Å². The highest BCUT2D eigenvalue weighted by Gasteiger charge is 2.15. The van der Waals surface area contributed by atoms with Gasteiger partial charge < -0.3 is 14.8 Å². The molecule has 0 spiro atoms. The number of rotatable bonds is 4. The lowest BCUT2D eigenvalue weighted by Gasteiger charge is -2.15. The topological polar surface area (TPSA) is 43.4 Å². The van der Waals surface area contributed by atoms with Crippen molar-refractivity contribution in [3.63, 3.8) is 0 Å². The third-order valence-corrected chi connectivity index (χ3v) is 3.59. The number of aryl methyl sites for hydroxylation is 1. The van der Waals surface area contributed by atoms with Crippen LogP contribution in [0.15, 0.2) is 36.5 Å². The van der Waals surface area contributed by atoms with E-state index in [1.165, 1.54) is 11.1 Å². The molecule has 3 rings (SSSR count). The van der Waals surface area contributed by atoms with Crippen LogP contribution in [0.4, 0.5) is 0 Å². The predicted molar refractivity (Wildman–Crippen MR) is 76.8 cm³/mol. The molecule has 0 fully saturated rings. The van der Waals surface area contributed by atoms with Crippen LogP contribution in [0.2, 0.25) is 0 Å². The molecule has 1 unspecified atom stereocenters. The summed E-state index contributed by atoms with van der Waals surface area (Å²) in [4.78, 5) is 4.39. The molecule has 1 aliphatic rings. The van der Waals surface area contributed by atoms with E-state index >= 15 is 0 Å². The Morgan fingerprint density at radius 2 is 2.10 bits per heavy atom. The van der Waals surface area contributed by atoms with Crippen LogP contribution in [0.5, 0.6) is 11.5 Å². The summed E-state index contributed by atoms with van der Waals surface area (Å²) in [7, 11) is 0. The zero-order valence-electron chi connectivity index (χ0n) is 11.7. The number of benzene rings is 1. The Kier molecular flexibility index (Phi) is 3.56. The first-order valence-electron chi connectivity index (χ1n) is 6.77. The van der Waals surface area contributed by atoms with E-state index < -0.39 is 0 Å². The minimum atomic E-state index is 0.228. The normalized spacial score (nSPS) is 14.3. The van der Waals surface area contributed by atoms with E-state index in [-0.39, 0.29) is 6.04 Å². The second-order valence-corrected chi connectivity index (χ2v) is 4.98. The molecule has 1 N–H and O–H groups in total. The Bertz CT molecular complexity index is 613. The fourth-order valence-corrected chi connectivity index (χ4v) is 2.25. The fraction of sp³-hybridized carbons (Fsp3) is 0.312. The molecule has 1 aliphatic heterocycles. The van der Waals surface area contributed by atoms with Gasteiger partial charge in [-0.05, 0) is 43.2 Å². The van der Waals surface area contributed by atoms with Gasteiger partial charge in [0.05, 0.1) is 5.69 Å². The van der Waals surface area contributed by atoms with E-state index in [4.69, 9.17) is 9.47 Å². The standard InChI is InChI=1S/C16H18N2O2/c1-11-4-3-7-17-14(11)9-18-12(2)13-5-6-15-16(8-13)20-10-19-15/h3-8,12,18H,9-10H2,1-2H3. The Balaban J connectivity index is 1.67. The van der Waals surface area contributed by atoms with Gasteiger partial charge in [-0.15, -0.1) is 0 Å². The summed E-state index contributed by atoms with van der Waals surface area (Å²) in [6.45, 7) is 5.28. The monoisotopic (exact) mass is 270 g/mol. The second kappa shape index (κ2) is 5.51. The van der Waals surface area contributed by atoms with Crippen LogP contribution in [0, 0.1) is 6.92 Å². The maximum atomic E-state index is 5.41. The van der Waals surface area contributed by atoms with Gasteiger partial charge in [0.25, 0.3) is 0 Å². The van der Waals surface area contributed by atoms with E-state index in [2.05, 4.69) is 36.3 Å². The average Bonchev–Trinajstić information content (AvgIpc) is 2.93. The van der Waals surface area contributed by atoms with Crippen LogP contribution in [-0.4, -0.2) is 11.8 Å². The Hall–Kier alpha value is -2.07. The summed E-state index contributed by atoms with van der Waals surface area (Å²) in [6, 6.07) is 10.3. The highest BCUT2D eigenvalue weighted by atomic mass is 16.7. The Labute approximate surface area is 118 Å². The number of hydrogen-bond donors (Lipinski definition) is 1. The lowest BCUT2D eigenvalue weighted by Crippen LogP contribution is -2.19. The number of fused-ring (bicyclic) bond motifs is 1. The van der Waals surface area contributed by atoms with E-state index in [0.717, 1.165) is 23.7 Å². The van der Waals surface area contributed by atoms with Crippen molar-refractivity contribution < 1.29 is 9.47 Å². The summed E-state index contributed by atoms with van der Waals surface area (Å²) in [5.41, 5.74) is 3.47. The lowest BCUT2D eigenvalue weighted by atomic mass is 10.1. The van der Waals surface area contributed by atoms with E-state index in [1.54, 1.807) is 0 Å². The zero-order valence-corrected chi connectivity index (χ0v) is 11.7. The molecule has 4 nitrogen and oxygen atoms in total. The van der Waals surface area contributed by atoms with E-state index in [9.17, 15) is 0 Å². The van der Waals surface area contributed by atoms with Crippen molar-refractivity contribution in [1.82, 2.24) is 10.3 Å². The van der Waals surface area contributed by atoms with Crippen LogP contribution in [0.25, 0.3) is 0 Å². The number of hydrogen-bond acceptors (Lipinski definition) is 4. The molecular weight excluding hydrogens is 252 g/mol. The van der Waals surface area contributed by atoms with Crippen molar-refractivity contribution in [1.29, 1.82) is 0 Å². The highest BCUT2D eigenvalue weighted by Crippen LogP contribution is 2.34. The number of aromatic nitrogens is 1. The molecule has 1 aromatic carbocycles. The van der Waals surface area contributed by atoms with Gasteiger partial charge in [-0.2, -0.15) is 0 Å². The molecule has 1 atom stereocenters. The minimum Gasteiger partial charge on any atom is -0.454 e. The number of ether oxygens (including phenoxy) is 2. The van der Waals surface area contributed by atoms with Crippen molar-refractivity contribution in [3.8, 4) is 11.5 Å². The second-order valence-electron chi connectivity index (χ2n) is 4.98. The van der Waals surface area contributed by atoms with E-state index in [0.29, 0.717) is 6.79 Å². The maximum Gasteiger partial charge on any atom is 0.231 e. The van der Waals surface area contributed by atoms with Crippen LogP contribution in [0.3, 0.4) is 0 Å². The molecule has 0 saturated heterocycles. The van der Waals surface area contributed by atoms with Crippen LogP contribution in [0.1, 0.15) is 29.8 Å². The smallest absolute Gasteiger partial charge is 0.231 e. The molecule has 1 aromatic heterocycles. The average molecular weight is 270 g/mol. The van der Waals surface area contributed by atoms with Gasteiger partial charge in [0.1, 0.15) is 0 Å². The quantitative estimate of drug-likeness (QED) is 0.927. The van der Waals surface area contributed by atoms with Crippen molar-refractivity contribution in [2.45, 2.75) is 26.4 Å². The molecule has 4 heteroatoms. The first-order valence-corrected chi connectivity index (χ1v) is 6.77. The molecule has 2 heterocycles. The maximum absolute atomic E-state index is 5.41. The van der Waals surface area contributed by atoms with Gasteiger partial charge in [0, 0.05) is 18.8 Å². The van der Waals surface area contributed by atoms with E-state index in [1.807, 2.05) is 24.4 Å². The van der Waals surface area contributed by atoms with Gasteiger partial charge in [0.2, 0.25) is 6.79 Å². The van der Waals surface area contributed by atoms with Gasteiger partial charge in [-0.3, -0.25) is 4.98 Å². The summed E-state index contributed by atoms with van der Waals surface area (Å²) < 4.78 is 10.7. The van der Waals surface area contributed by atoms with Crippen molar-refractivity contribution in [2.75, 3.05) is 6.79 Å². The molecule has 0 amide bonds. The summed E-state index contributed by atoms with van der Waals surface area (Å²) in [5, 5.41) is 3.49. The molecule has 0 radical (unpaired) electrons. The molecule has 0 bridgehead atoms. The van der Waals surface area contributed by atoms with Crippen LogP contribution >= 0.6 is 0 Å². The Morgan fingerprint density at radius 1 is 1.25 bits per heavy atom. The molecule has 20 heavy (non-hydrogen) atoms. The zero-order chi connectivity index (χ0) is 13.9. The third kappa shape index (κ3) is 2.60. The largest absolute Gasteiger partial charge is 0.454 e. The highest BCUT2D eigenvalue weighted by molar-refractivity contribution is 5.45.